The monoisotopic (exact) mass is 517 g/mol. The van der Waals surface area contributed by atoms with E-state index in [0.29, 0.717) is 30.6 Å². The van der Waals surface area contributed by atoms with Crippen molar-refractivity contribution in [1.29, 1.82) is 0 Å². The van der Waals surface area contributed by atoms with Gasteiger partial charge in [-0.3, -0.25) is 14.9 Å². The van der Waals surface area contributed by atoms with Crippen LogP contribution in [0.2, 0.25) is 0 Å². The first-order valence-corrected chi connectivity index (χ1v) is 12.6. The molecule has 0 spiro atoms. The number of allylic oxidation sites excluding steroid dienone is 1. The quantitative estimate of drug-likeness (QED) is 0.201. The van der Waals surface area contributed by atoms with Gasteiger partial charge in [0.1, 0.15) is 12.4 Å². The van der Waals surface area contributed by atoms with Gasteiger partial charge in [0.25, 0.3) is 0 Å². The van der Waals surface area contributed by atoms with Crippen LogP contribution in [0.1, 0.15) is 33.0 Å². The molecule has 0 bridgehead atoms. The van der Waals surface area contributed by atoms with Crippen molar-refractivity contribution in [2.75, 3.05) is 33.8 Å². The van der Waals surface area contributed by atoms with Gasteiger partial charge in [-0.25, -0.2) is 0 Å². The number of likely N-dealkylation sites (N-methyl/N-ethyl adjacent to an activating group) is 1. The highest BCUT2D eigenvalue weighted by atomic mass is 19.1. The van der Waals surface area contributed by atoms with E-state index >= 15 is 0 Å². The number of ether oxygens (including phenoxy) is 1. The molecule has 200 valence electrons. The summed E-state index contributed by atoms with van der Waals surface area (Å²) < 4.78 is 20.2. The maximum absolute atomic E-state index is 14.3. The minimum absolute atomic E-state index is 0. The lowest BCUT2D eigenvalue weighted by molar-refractivity contribution is -0.123. The predicted octanol–water partition coefficient (Wildman–Crippen LogP) is 5.57. The van der Waals surface area contributed by atoms with E-state index in [9.17, 15) is 9.18 Å². The largest absolute Gasteiger partial charge is 0.492 e. The minimum Gasteiger partial charge on any atom is -0.492 e. The van der Waals surface area contributed by atoms with Crippen LogP contribution >= 0.6 is 0 Å². The Kier molecular flexibility index (Phi) is 9.00. The molecule has 2 aromatic heterocycles. The molecule has 0 aliphatic rings. The number of hydrogen-bond acceptors (Lipinski definition) is 5. The number of fused-ring (bicyclic) bond motifs is 1. The summed E-state index contributed by atoms with van der Waals surface area (Å²) in [4.78, 5) is 17.7. The average molecular weight is 518 g/mol. The number of amides is 1. The van der Waals surface area contributed by atoms with Gasteiger partial charge in [-0.05, 0) is 65.1 Å². The number of carbonyl (C=O) groups excluding carboxylic acids is 1. The third kappa shape index (κ3) is 6.52. The van der Waals surface area contributed by atoms with Crippen LogP contribution < -0.4 is 10.1 Å². The van der Waals surface area contributed by atoms with Crippen LogP contribution in [0.15, 0.2) is 79.0 Å². The number of carbonyl (C=O) groups is 1. The number of aromatic nitrogens is 3. The van der Waals surface area contributed by atoms with E-state index in [-0.39, 0.29) is 8.76 Å². The molecular weight excluding hydrogens is 481 g/mol. The standard InChI is InChI=1S/C30H32FN5O2.2H2/c1-4-24(26-8-5-6-17-33-26)29(22-12-15-27-25(20-22)30(31)35-34-27)21-10-13-23(14-11-21)38-19-18-32-16-7-9-28(37)36(2)3;;/h5-15,17,20,32H,4,16,18-19H2,1-3H3,(H,34,35);2*1H/b9-7+,29-24+;;. The summed E-state index contributed by atoms with van der Waals surface area (Å²) in [7, 11) is 3.44. The summed E-state index contributed by atoms with van der Waals surface area (Å²) in [6.07, 6.45) is 5.87. The zero-order valence-electron chi connectivity index (χ0n) is 21.9. The van der Waals surface area contributed by atoms with Crippen molar-refractivity contribution in [2.45, 2.75) is 13.3 Å². The van der Waals surface area contributed by atoms with Crippen LogP contribution in [-0.2, 0) is 4.79 Å². The van der Waals surface area contributed by atoms with Gasteiger partial charge in [-0.2, -0.15) is 9.49 Å². The van der Waals surface area contributed by atoms with Gasteiger partial charge >= 0.3 is 0 Å². The second-order valence-electron chi connectivity index (χ2n) is 8.90. The fraction of sp³-hybridized carbons (Fsp3) is 0.233. The highest BCUT2D eigenvalue weighted by Gasteiger charge is 2.16. The van der Waals surface area contributed by atoms with Crippen molar-refractivity contribution in [3.63, 3.8) is 0 Å². The van der Waals surface area contributed by atoms with Gasteiger partial charge in [0.15, 0.2) is 0 Å². The molecule has 4 rings (SSSR count). The number of hydrogen-bond donors (Lipinski definition) is 2. The second kappa shape index (κ2) is 12.8. The first-order valence-electron chi connectivity index (χ1n) is 12.6. The molecule has 2 aromatic carbocycles. The molecule has 0 fully saturated rings. The Morgan fingerprint density at radius 2 is 1.92 bits per heavy atom. The van der Waals surface area contributed by atoms with Crippen LogP contribution in [0.3, 0.4) is 0 Å². The summed E-state index contributed by atoms with van der Waals surface area (Å²) in [5.74, 6) is 0.260. The van der Waals surface area contributed by atoms with E-state index in [4.69, 9.17) is 4.74 Å². The van der Waals surface area contributed by atoms with E-state index in [2.05, 4.69) is 27.4 Å². The molecule has 1 amide bonds. The fourth-order valence-electron chi connectivity index (χ4n) is 4.13. The predicted molar refractivity (Wildman–Crippen MR) is 153 cm³/mol. The number of nitrogens with zero attached hydrogens (tertiary/aromatic N) is 3. The Labute approximate surface area is 225 Å². The summed E-state index contributed by atoms with van der Waals surface area (Å²) in [5.41, 5.74) is 5.38. The van der Waals surface area contributed by atoms with Crippen LogP contribution in [0, 0.1) is 5.95 Å². The van der Waals surface area contributed by atoms with Crippen LogP contribution in [0.4, 0.5) is 4.39 Å². The Morgan fingerprint density at radius 3 is 2.63 bits per heavy atom. The molecule has 8 heteroatoms. The van der Waals surface area contributed by atoms with E-state index in [1.807, 2.05) is 60.7 Å². The molecule has 0 aliphatic carbocycles. The SMILES string of the molecule is CC/C(=C(/c1ccc(OCCNC/C=C/C(=O)N(C)C)cc1)c1ccc2n[nH]c(F)c2c1)c1ccccn1.[HH].[HH]. The maximum atomic E-state index is 14.3. The van der Waals surface area contributed by atoms with Crippen LogP contribution in [0.25, 0.3) is 22.0 Å². The van der Waals surface area contributed by atoms with Gasteiger partial charge < -0.3 is 15.0 Å². The minimum atomic E-state index is -0.450. The number of pyridine rings is 1. The van der Waals surface area contributed by atoms with Gasteiger partial charge in [0.2, 0.25) is 11.9 Å². The van der Waals surface area contributed by atoms with Crippen molar-refractivity contribution in [3.05, 3.63) is 102 Å². The van der Waals surface area contributed by atoms with Gasteiger partial charge in [0.05, 0.1) is 16.6 Å². The number of halogens is 1. The van der Waals surface area contributed by atoms with Gasteiger partial charge in [-0.1, -0.05) is 37.3 Å². The van der Waals surface area contributed by atoms with Gasteiger partial charge in [0, 0.05) is 42.3 Å². The van der Waals surface area contributed by atoms with Crippen molar-refractivity contribution in [3.8, 4) is 5.75 Å². The molecule has 0 atom stereocenters. The Balaban J connectivity index is 0.00000280. The third-order valence-corrected chi connectivity index (χ3v) is 6.08. The van der Waals surface area contributed by atoms with E-state index in [0.717, 1.165) is 40.1 Å². The number of H-pyrrole nitrogens is 1. The van der Waals surface area contributed by atoms with Crippen LogP contribution in [0.5, 0.6) is 5.75 Å². The summed E-state index contributed by atoms with van der Waals surface area (Å²) in [6.45, 7) is 3.81. The topological polar surface area (TPSA) is 83.1 Å². The van der Waals surface area contributed by atoms with Crippen molar-refractivity contribution in [1.82, 2.24) is 25.4 Å². The lowest BCUT2D eigenvalue weighted by Gasteiger charge is -2.16. The molecule has 0 unspecified atom stereocenters. The first kappa shape index (κ1) is 26.8. The van der Waals surface area contributed by atoms with Gasteiger partial charge in [-0.15, -0.1) is 0 Å². The normalized spacial score (nSPS) is 12.1. The molecule has 2 heterocycles. The Bertz CT molecular complexity index is 1440. The number of benzene rings is 2. The molecular formula is C30H36FN5O2. The molecule has 4 aromatic rings. The highest BCUT2D eigenvalue weighted by molar-refractivity contribution is 5.99. The van der Waals surface area contributed by atoms with E-state index in [1.54, 1.807) is 32.4 Å². The lowest BCUT2D eigenvalue weighted by atomic mass is 9.89. The van der Waals surface area contributed by atoms with Crippen LogP contribution in [-0.4, -0.2) is 59.8 Å². The molecule has 0 aliphatic heterocycles. The molecule has 7 nitrogen and oxygen atoms in total. The molecule has 2 N–H and O–H groups in total. The summed E-state index contributed by atoms with van der Waals surface area (Å²) >= 11 is 0. The first-order chi connectivity index (χ1) is 18.5. The van der Waals surface area contributed by atoms with Crippen molar-refractivity contribution in [2.24, 2.45) is 0 Å². The number of aromatic amines is 1. The van der Waals surface area contributed by atoms with E-state index < -0.39 is 5.95 Å². The zero-order chi connectivity index (χ0) is 26.9. The molecule has 0 saturated carbocycles. The number of rotatable bonds is 11. The molecule has 0 radical (unpaired) electrons. The lowest BCUT2D eigenvalue weighted by Crippen LogP contribution is -2.22. The Hall–Kier alpha value is -4.30. The number of nitrogens with one attached hydrogen (secondary N) is 2. The van der Waals surface area contributed by atoms with E-state index in [1.165, 1.54) is 4.90 Å². The van der Waals surface area contributed by atoms with Crippen molar-refractivity contribution >= 4 is 28.0 Å². The zero-order valence-corrected chi connectivity index (χ0v) is 21.9. The van der Waals surface area contributed by atoms with Crippen molar-refractivity contribution < 1.29 is 16.8 Å². The second-order valence-corrected chi connectivity index (χ2v) is 8.90. The molecule has 38 heavy (non-hydrogen) atoms. The fourth-order valence-corrected chi connectivity index (χ4v) is 4.13. The maximum Gasteiger partial charge on any atom is 0.245 e. The highest BCUT2D eigenvalue weighted by Crippen LogP contribution is 2.35. The summed E-state index contributed by atoms with van der Waals surface area (Å²) in [5, 5.41) is 10.1. The Morgan fingerprint density at radius 1 is 1.13 bits per heavy atom. The average Bonchev–Trinajstić information content (AvgIpc) is 3.31. The summed E-state index contributed by atoms with van der Waals surface area (Å²) in [6, 6.07) is 19.4. The third-order valence-electron chi connectivity index (χ3n) is 6.08. The molecule has 0 saturated heterocycles. The smallest absolute Gasteiger partial charge is 0.245 e.